The molecule has 0 saturated carbocycles. The Morgan fingerprint density at radius 3 is 1.82 bits per heavy atom. The first-order valence-electron chi connectivity index (χ1n) is 19.2. The summed E-state index contributed by atoms with van der Waals surface area (Å²) in [6.07, 6.45) is -0.159. The minimum absolute atomic E-state index is 0.0106. The van der Waals surface area contributed by atoms with Crippen molar-refractivity contribution in [3.8, 4) is 5.75 Å². The van der Waals surface area contributed by atoms with E-state index in [2.05, 4.69) is 104 Å². The molecule has 11 heteroatoms. The predicted octanol–water partition coefficient (Wildman–Crippen LogP) is 9.47. The Labute approximate surface area is 329 Å². The van der Waals surface area contributed by atoms with Crippen molar-refractivity contribution >= 4 is 33.6 Å². The molecule has 0 spiro atoms. The molecule has 9 nitrogen and oxygen atoms in total. The third kappa shape index (κ3) is 7.31. The SMILES string of the molecule is COc1ccc(C(c2ccccc2)(c2ccccc2)c2nc(N)nc3c2ccn3[C@@H]2O[C@H](CO[Si](C)(C)C(C)(C)C)[C@](C)(O)[C@H]2O[Si](C)(C)C(C)(C)C)cc1. The number of nitrogens with two attached hydrogens (primary N) is 1. The van der Waals surface area contributed by atoms with Gasteiger partial charge in [-0.3, -0.25) is 0 Å². The van der Waals surface area contributed by atoms with E-state index in [0.717, 1.165) is 33.5 Å². The molecule has 0 radical (unpaired) electrons. The molecule has 1 fully saturated rings. The van der Waals surface area contributed by atoms with Crippen molar-refractivity contribution in [3.05, 3.63) is 120 Å². The number of anilines is 1. The molecule has 4 atom stereocenters. The van der Waals surface area contributed by atoms with E-state index in [1.165, 1.54) is 0 Å². The molecule has 55 heavy (non-hydrogen) atoms. The Bertz CT molecular complexity index is 2050. The van der Waals surface area contributed by atoms with Crippen LogP contribution >= 0.6 is 0 Å². The van der Waals surface area contributed by atoms with Gasteiger partial charge in [-0.2, -0.15) is 4.98 Å². The molecule has 0 aliphatic carbocycles. The van der Waals surface area contributed by atoms with E-state index in [1.807, 2.05) is 72.3 Å². The average Bonchev–Trinajstić information content (AvgIpc) is 3.64. The van der Waals surface area contributed by atoms with Crippen LogP contribution in [-0.2, 0) is 19.0 Å². The minimum atomic E-state index is -2.44. The summed E-state index contributed by atoms with van der Waals surface area (Å²) >= 11 is 0. The molecular formula is C44H60N4O5Si2. The molecule has 0 bridgehead atoms. The monoisotopic (exact) mass is 780 g/mol. The molecule has 1 aliphatic heterocycles. The molecule has 5 aromatic rings. The summed E-state index contributed by atoms with van der Waals surface area (Å²) in [6, 6.07) is 30.9. The number of nitrogen functional groups attached to an aromatic ring is 1. The molecule has 294 valence electrons. The van der Waals surface area contributed by atoms with Crippen molar-refractivity contribution in [2.45, 2.75) is 114 Å². The summed E-state index contributed by atoms with van der Waals surface area (Å²) < 4.78 is 28.4. The number of methoxy groups -OCH3 is 1. The summed E-state index contributed by atoms with van der Waals surface area (Å²) in [7, 11) is -2.95. The van der Waals surface area contributed by atoms with Crippen LogP contribution in [-0.4, -0.2) is 67.8 Å². The van der Waals surface area contributed by atoms with E-state index in [1.54, 1.807) is 7.11 Å². The number of aromatic nitrogens is 3. The highest BCUT2D eigenvalue weighted by molar-refractivity contribution is 6.74. The van der Waals surface area contributed by atoms with Gasteiger partial charge in [0.15, 0.2) is 22.9 Å². The van der Waals surface area contributed by atoms with Crippen LogP contribution in [0, 0.1) is 0 Å². The molecule has 6 rings (SSSR count). The molecule has 1 aliphatic rings. The zero-order chi connectivity index (χ0) is 40.2. The molecule has 3 N–H and O–H groups in total. The van der Waals surface area contributed by atoms with Crippen molar-refractivity contribution in [2.24, 2.45) is 0 Å². The maximum Gasteiger partial charge on any atom is 0.222 e. The number of fused-ring (bicyclic) bond motifs is 1. The van der Waals surface area contributed by atoms with Crippen LogP contribution in [0.15, 0.2) is 97.2 Å². The zero-order valence-corrected chi connectivity index (χ0v) is 36.7. The van der Waals surface area contributed by atoms with Crippen LogP contribution in [0.1, 0.15) is 77.1 Å². The van der Waals surface area contributed by atoms with Crippen LogP contribution in [0.25, 0.3) is 11.0 Å². The van der Waals surface area contributed by atoms with Gasteiger partial charge in [-0.25, -0.2) is 4.98 Å². The van der Waals surface area contributed by atoms with Crippen LogP contribution in [0.5, 0.6) is 5.75 Å². The quantitative estimate of drug-likeness (QED) is 0.101. The van der Waals surface area contributed by atoms with Gasteiger partial charge in [0, 0.05) is 11.6 Å². The van der Waals surface area contributed by atoms with Crippen molar-refractivity contribution in [1.29, 1.82) is 0 Å². The van der Waals surface area contributed by atoms with Gasteiger partial charge in [0.2, 0.25) is 5.95 Å². The summed E-state index contributed by atoms with van der Waals surface area (Å²) in [5.41, 5.74) is 8.78. The molecular weight excluding hydrogens is 721 g/mol. The largest absolute Gasteiger partial charge is 0.497 e. The molecule has 1 saturated heterocycles. The number of aliphatic hydroxyl groups is 1. The van der Waals surface area contributed by atoms with E-state index in [-0.39, 0.29) is 22.6 Å². The van der Waals surface area contributed by atoms with Gasteiger partial charge in [-0.05, 0) is 78.1 Å². The fourth-order valence-corrected chi connectivity index (χ4v) is 9.45. The van der Waals surface area contributed by atoms with Crippen molar-refractivity contribution in [2.75, 3.05) is 19.5 Å². The average molecular weight is 781 g/mol. The number of ether oxygens (including phenoxy) is 2. The topological polar surface area (TPSA) is 114 Å². The third-order valence-electron chi connectivity index (χ3n) is 12.6. The Kier molecular flexibility index (Phi) is 10.8. The Hall–Kier alpha value is -3.85. The zero-order valence-electron chi connectivity index (χ0n) is 34.7. The number of rotatable bonds is 11. The molecule has 3 heterocycles. The van der Waals surface area contributed by atoms with Crippen molar-refractivity contribution in [3.63, 3.8) is 0 Å². The lowest BCUT2D eigenvalue weighted by Gasteiger charge is -2.42. The second kappa shape index (κ2) is 14.6. The lowest BCUT2D eigenvalue weighted by atomic mass is 9.66. The number of benzene rings is 3. The summed E-state index contributed by atoms with van der Waals surface area (Å²) in [4.78, 5) is 10.0. The van der Waals surface area contributed by atoms with E-state index >= 15 is 0 Å². The minimum Gasteiger partial charge on any atom is -0.497 e. The maximum absolute atomic E-state index is 12.5. The standard InChI is InChI=1S/C44H60N4O5Si2/c1-41(2,3)54(9,10)51-29-35-43(7,49)37(53-55(11,12)42(4,5)6)39(52-35)48-28-27-34-36(46-40(45)47-38(34)48)44(30-19-15-13-16-20-30,31-21-17-14-18-22-31)32-23-25-33(50-8)26-24-32/h13-28,35,37,39,49H,29H2,1-12H3,(H2,45,46,47)/t35-,37+,39-,43+/m1/s1. The Morgan fingerprint density at radius 1 is 0.782 bits per heavy atom. The Morgan fingerprint density at radius 2 is 1.31 bits per heavy atom. The fraction of sp³-hybridized carbons (Fsp3) is 0.455. The molecule has 0 unspecified atom stereocenters. The van der Waals surface area contributed by atoms with Gasteiger partial charge in [0.05, 0.1) is 24.8 Å². The van der Waals surface area contributed by atoms with Crippen LogP contribution in [0.3, 0.4) is 0 Å². The summed E-state index contributed by atoms with van der Waals surface area (Å²) in [5, 5.41) is 13.2. The van der Waals surface area contributed by atoms with Crippen LogP contribution < -0.4 is 10.5 Å². The number of nitrogens with zero attached hydrogens (tertiary/aromatic N) is 3. The van der Waals surface area contributed by atoms with Crippen molar-refractivity contribution in [1.82, 2.24) is 14.5 Å². The van der Waals surface area contributed by atoms with E-state index in [9.17, 15) is 5.11 Å². The van der Waals surface area contributed by atoms with E-state index < -0.39 is 46.1 Å². The predicted molar refractivity (Wildman–Crippen MR) is 227 cm³/mol. The van der Waals surface area contributed by atoms with Gasteiger partial charge in [-0.15, -0.1) is 0 Å². The van der Waals surface area contributed by atoms with Crippen LogP contribution in [0.2, 0.25) is 36.3 Å². The second-order valence-electron chi connectivity index (χ2n) is 18.2. The fourth-order valence-electron chi connectivity index (χ4n) is 7.11. The smallest absolute Gasteiger partial charge is 0.222 e. The summed E-state index contributed by atoms with van der Waals surface area (Å²) in [5.74, 6) is 0.874. The third-order valence-corrected chi connectivity index (χ3v) is 21.5. The van der Waals surface area contributed by atoms with Gasteiger partial charge >= 0.3 is 0 Å². The first-order chi connectivity index (χ1) is 25.6. The van der Waals surface area contributed by atoms with E-state index in [4.69, 9.17) is 34.0 Å². The lowest BCUT2D eigenvalue weighted by Crippen LogP contribution is -2.55. The normalized spacial score (nSPS) is 21.3. The van der Waals surface area contributed by atoms with Gasteiger partial charge in [-0.1, -0.05) is 114 Å². The maximum atomic E-state index is 12.5. The van der Waals surface area contributed by atoms with Crippen LogP contribution in [0.4, 0.5) is 5.95 Å². The lowest BCUT2D eigenvalue weighted by molar-refractivity contribution is -0.0765. The Balaban J connectivity index is 1.59. The second-order valence-corrected chi connectivity index (χ2v) is 27.8. The summed E-state index contributed by atoms with van der Waals surface area (Å²) in [6.45, 7) is 24.1. The molecule has 3 aromatic carbocycles. The van der Waals surface area contributed by atoms with Gasteiger partial charge in [0.1, 0.15) is 29.2 Å². The first kappa shape index (κ1) is 40.8. The first-order valence-corrected chi connectivity index (χ1v) is 25.1. The highest BCUT2D eigenvalue weighted by atomic mass is 28.4. The number of hydrogen-bond acceptors (Lipinski definition) is 8. The highest BCUT2D eigenvalue weighted by Crippen LogP contribution is 2.50. The van der Waals surface area contributed by atoms with Gasteiger partial charge < -0.3 is 33.7 Å². The molecule has 0 amide bonds. The molecule has 2 aromatic heterocycles. The number of hydrogen-bond donors (Lipinski definition) is 2. The van der Waals surface area contributed by atoms with Gasteiger partial charge in [0.25, 0.3) is 0 Å². The van der Waals surface area contributed by atoms with E-state index in [0.29, 0.717) is 5.65 Å². The van der Waals surface area contributed by atoms with Crippen molar-refractivity contribution < 1.29 is 23.4 Å². The highest BCUT2D eigenvalue weighted by Gasteiger charge is 2.58.